The highest BCUT2D eigenvalue weighted by molar-refractivity contribution is 9.10. The summed E-state index contributed by atoms with van der Waals surface area (Å²) in [4.78, 5) is 20.0. The molecule has 0 aliphatic heterocycles. The van der Waals surface area contributed by atoms with Crippen LogP contribution >= 0.6 is 15.9 Å². The van der Waals surface area contributed by atoms with Gasteiger partial charge in [0, 0.05) is 17.8 Å². The third-order valence-corrected chi connectivity index (χ3v) is 3.46. The van der Waals surface area contributed by atoms with Crippen molar-refractivity contribution in [2.75, 3.05) is 0 Å². The Balaban J connectivity index is 2.46. The molecule has 1 aromatic carbocycles. The van der Waals surface area contributed by atoms with Crippen LogP contribution in [0.25, 0.3) is 16.9 Å². The van der Waals surface area contributed by atoms with Crippen molar-refractivity contribution in [3.8, 4) is 11.3 Å². The van der Waals surface area contributed by atoms with E-state index in [1.807, 2.05) is 0 Å². The van der Waals surface area contributed by atoms with Gasteiger partial charge in [-0.15, -0.1) is 0 Å². The van der Waals surface area contributed by atoms with Crippen LogP contribution in [0.1, 0.15) is 5.69 Å². The summed E-state index contributed by atoms with van der Waals surface area (Å²) in [6.07, 6.45) is 1.23. The van der Waals surface area contributed by atoms with E-state index in [9.17, 15) is 18.0 Å². The van der Waals surface area contributed by atoms with Gasteiger partial charge in [-0.2, -0.15) is 4.39 Å². The molecule has 0 amide bonds. The number of aryl methyl sites for hydroxylation is 1. The van der Waals surface area contributed by atoms with Crippen LogP contribution in [0.3, 0.4) is 0 Å². The number of aromatic nitrogens is 3. The third kappa shape index (κ3) is 2.29. The molecule has 0 saturated carbocycles. The highest BCUT2D eigenvalue weighted by Crippen LogP contribution is 2.26. The number of halogens is 4. The van der Waals surface area contributed by atoms with Crippen molar-refractivity contribution < 1.29 is 13.2 Å². The number of benzene rings is 1. The molecule has 0 aliphatic rings. The van der Waals surface area contributed by atoms with Crippen LogP contribution in [0.2, 0.25) is 0 Å². The molecule has 0 spiro atoms. The summed E-state index contributed by atoms with van der Waals surface area (Å²) < 4.78 is 41.9. The number of rotatable bonds is 1. The lowest BCUT2D eigenvalue weighted by atomic mass is 10.1. The van der Waals surface area contributed by atoms with Crippen LogP contribution in [-0.4, -0.2) is 14.4 Å². The topological polar surface area (TPSA) is 47.3 Å². The van der Waals surface area contributed by atoms with Crippen molar-refractivity contribution >= 4 is 21.6 Å². The lowest BCUT2D eigenvalue weighted by Gasteiger charge is -2.09. The van der Waals surface area contributed by atoms with E-state index in [1.165, 1.54) is 19.2 Å². The van der Waals surface area contributed by atoms with Crippen molar-refractivity contribution in [2.45, 2.75) is 6.92 Å². The van der Waals surface area contributed by atoms with Crippen LogP contribution in [0, 0.1) is 24.4 Å². The first-order valence-electron chi connectivity index (χ1n) is 6.09. The Hall–Kier alpha value is -2.22. The number of fused-ring (bicyclic) bond motifs is 1. The summed E-state index contributed by atoms with van der Waals surface area (Å²) in [5.74, 6) is -2.60. The van der Waals surface area contributed by atoms with E-state index in [1.54, 1.807) is 0 Å². The first kappa shape index (κ1) is 14.7. The fraction of sp³-hybridized carbons (Fsp3) is 0.0714. The van der Waals surface area contributed by atoms with Gasteiger partial charge in [0.2, 0.25) is 5.82 Å². The summed E-state index contributed by atoms with van der Waals surface area (Å²) in [6, 6.07) is 2.94. The molecule has 4 nitrogen and oxygen atoms in total. The zero-order valence-electron chi connectivity index (χ0n) is 11.1. The van der Waals surface area contributed by atoms with Crippen molar-refractivity contribution in [3.05, 3.63) is 62.5 Å². The average Bonchev–Trinajstić information content (AvgIpc) is 2.46. The molecule has 0 radical (unpaired) electrons. The average molecular weight is 370 g/mol. The molecule has 0 N–H and O–H groups in total. The second-order valence-corrected chi connectivity index (χ2v) is 5.36. The quantitative estimate of drug-likeness (QED) is 0.661. The predicted octanol–water partition coefficient (Wildman–Crippen LogP) is 3.24. The Bertz CT molecular complexity index is 972. The zero-order valence-corrected chi connectivity index (χ0v) is 12.7. The van der Waals surface area contributed by atoms with E-state index in [-0.39, 0.29) is 27.2 Å². The summed E-state index contributed by atoms with van der Waals surface area (Å²) >= 11 is 3.08. The SMILES string of the molecule is Cc1nc2c(-c3ccc(F)cc3F)nc(Br)cn2c(=O)c1F. The highest BCUT2D eigenvalue weighted by atomic mass is 79.9. The van der Waals surface area contributed by atoms with Gasteiger partial charge in [0.25, 0.3) is 5.56 Å². The summed E-state index contributed by atoms with van der Waals surface area (Å²) in [5.41, 5.74) is -1.10. The molecule has 2 aromatic heterocycles. The molecule has 0 fully saturated rings. The van der Waals surface area contributed by atoms with Gasteiger partial charge < -0.3 is 0 Å². The van der Waals surface area contributed by atoms with Crippen molar-refractivity contribution in [1.82, 2.24) is 14.4 Å². The molecule has 8 heteroatoms. The standard InChI is InChI=1S/C14H7BrF3N3O/c1-6-11(18)14(22)21-5-10(15)20-12(13(21)19-6)8-3-2-7(16)4-9(8)17/h2-5H,1H3. The van der Waals surface area contributed by atoms with E-state index >= 15 is 0 Å². The van der Waals surface area contributed by atoms with Crippen molar-refractivity contribution in [3.63, 3.8) is 0 Å². The van der Waals surface area contributed by atoms with Gasteiger partial charge in [-0.25, -0.2) is 18.7 Å². The molecule has 112 valence electrons. The molecule has 0 unspecified atom stereocenters. The van der Waals surface area contributed by atoms with Gasteiger partial charge in [-0.3, -0.25) is 9.20 Å². The van der Waals surface area contributed by atoms with Crippen LogP contribution in [0.15, 0.2) is 33.8 Å². The monoisotopic (exact) mass is 369 g/mol. The minimum Gasteiger partial charge on any atom is -0.265 e. The molecule has 0 saturated heterocycles. The Labute approximate surface area is 130 Å². The molecule has 3 aromatic rings. The Morgan fingerprint density at radius 1 is 1.18 bits per heavy atom. The molecular weight excluding hydrogens is 363 g/mol. The molecule has 3 rings (SSSR count). The smallest absolute Gasteiger partial charge is 0.265 e. The largest absolute Gasteiger partial charge is 0.294 e. The van der Waals surface area contributed by atoms with E-state index in [4.69, 9.17) is 0 Å². The van der Waals surface area contributed by atoms with Crippen LogP contribution in [0.5, 0.6) is 0 Å². The zero-order chi connectivity index (χ0) is 16.0. The van der Waals surface area contributed by atoms with E-state index in [0.717, 1.165) is 10.5 Å². The summed E-state index contributed by atoms with van der Waals surface area (Å²) in [5, 5.41) is 0. The minimum absolute atomic E-state index is 0.00655. The Morgan fingerprint density at radius 2 is 1.91 bits per heavy atom. The Morgan fingerprint density at radius 3 is 2.59 bits per heavy atom. The van der Waals surface area contributed by atoms with Crippen molar-refractivity contribution in [1.29, 1.82) is 0 Å². The molecular formula is C14H7BrF3N3O. The Kier molecular flexibility index (Phi) is 3.48. The van der Waals surface area contributed by atoms with Gasteiger partial charge >= 0.3 is 0 Å². The maximum absolute atomic E-state index is 14.0. The van der Waals surface area contributed by atoms with E-state index < -0.39 is 23.0 Å². The minimum atomic E-state index is -0.999. The van der Waals surface area contributed by atoms with Gasteiger partial charge in [0.1, 0.15) is 21.9 Å². The maximum atomic E-state index is 14.0. The highest BCUT2D eigenvalue weighted by Gasteiger charge is 2.17. The van der Waals surface area contributed by atoms with Crippen molar-refractivity contribution in [2.24, 2.45) is 0 Å². The summed E-state index contributed by atoms with van der Waals surface area (Å²) in [6.45, 7) is 1.32. The van der Waals surface area contributed by atoms with E-state index in [0.29, 0.717) is 6.07 Å². The van der Waals surface area contributed by atoms with Gasteiger partial charge in [-0.05, 0) is 35.0 Å². The third-order valence-electron chi connectivity index (χ3n) is 3.08. The molecule has 0 bridgehead atoms. The van der Waals surface area contributed by atoms with E-state index in [2.05, 4.69) is 25.9 Å². The fourth-order valence-corrected chi connectivity index (χ4v) is 2.44. The van der Waals surface area contributed by atoms with Crippen LogP contribution in [-0.2, 0) is 0 Å². The molecule has 0 aliphatic carbocycles. The second-order valence-electron chi connectivity index (χ2n) is 4.55. The first-order valence-corrected chi connectivity index (χ1v) is 6.88. The molecule has 0 atom stereocenters. The van der Waals surface area contributed by atoms with Crippen LogP contribution < -0.4 is 5.56 Å². The normalized spacial score (nSPS) is 11.1. The predicted molar refractivity (Wildman–Crippen MR) is 77.0 cm³/mol. The van der Waals surface area contributed by atoms with Gasteiger partial charge in [0.05, 0.1) is 5.69 Å². The molecule has 2 heterocycles. The van der Waals surface area contributed by atoms with Crippen LogP contribution in [0.4, 0.5) is 13.2 Å². The number of hydrogen-bond acceptors (Lipinski definition) is 3. The lowest BCUT2D eigenvalue weighted by Crippen LogP contribution is -2.21. The first-order chi connectivity index (χ1) is 10.4. The number of nitrogens with zero attached hydrogens (tertiary/aromatic N) is 3. The number of hydrogen-bond donors (Lipinski definition) is 0. The maximum Gasteiger partial charge on any atom is 0.294 e. The van der Waals surface area contributed by atoms with Gasteiger partial charge in [0.15, 0.2) is 5.65 Å². The van der Waals surface area contributed by atoms with Gasteiger partial charge in [-0.1, -0.05) is 0 Å². The second kappa shape index (κ2) is 5.20. The fourth-order valence-electron chi connectivity index (χ4n) is 2.06. The summed E-state index contributed by atoms with van der Waals surface area (Å²) in [7, 11) is 0. The molecule has 22 heavy (non-hydrogen) atoms. The lowest BCUT2D eigenvalue weighted by molar-refractivity contribution is 0.583.